The smallest absolute Gasteiger partial charge is 0.327 e. The fraction of sp³-hybridized carbons (Fsp3) is 0.368. The number of carboxylic acid groups (broad SMARTS) is 1. The Labute approximate surface area is 158 Å². The summed E-state index contributed by atoms with van der Waals surface area (Å²) in [7, 11) is -3.83. The lowest BCUT2D eigenvalue weighted by Crippen LogP contribution is -2.40. The zero-order chi connectivity index (χ0) is 20.4. The van der Waals surface area contributed by atoms with Crippen LogP contribution in [-0.4, -0.2) is 24.1 Å². The van der Waals surface area contributed by atoms with Gasteiger partial charge >= 0.3 is 5.97 Å². The summed E-state index contributed by atoms with van der Waals surface area (Å²) in [6.45, 7) is 6.75. The summed E-state index contributed by atoms with van der Waals surface area (Å²) in [5, 5.41) is 9.63. The van der Waals surface area contributed by atoms with Crippen LogP contribution in [0.15, 0.2) is 47.3 Å². The molecule has 8 heteroatoms. The number of benzene rings is 1. The minimum absolute atomic E-state index is 0.174. The number of hydrogen-bond acceptors (Lipinski definition) is 4. The average molecular weight is 392 g/mol. The van der Waals surface area contributed by atoms with Crippen LogP contribution in [0.25, 0.3) is 0 Å². The van der Waals surface area contributed by atoms with E-state index < -0.39 is 33.0 Å². The van der Waals surface area contributed by atoms with Gasteiger partial charge < -0.3 is 5.11 Å². The van der Waals surface area contributed by atoms with Crippen molar-refractivity contribution in [3.05, 3.63) is 64.1 Å². The van der Waals surface area contributed by atoms with Crippen LogP contribution < -0.4 is 10.3 Å². The maximum absolute atomic E-state index is 12.9. The number of carboxylic acids is 1. The molecule has 0 aliphatic rings. The van der Waals surface area contributed by atoms with E-state index in [0.29, 0.717) is 11.3 Å². The Bertz CT molecular complexity index is 989. The van der Waals surface area contributed by atoms with E-state index in [-0.39, 0.29) is 11.4 Å². The lowest BCUT2D eigenvalue weighted by molar-refractivity contribution is -0.144. The predicted molar refractivity (Wildman–Crippen MR) is 104 cm³/mol. The molecular formula is C19H24N2O5S. The summed E-state index contributed by atoms with van der Waals surface area (Å²) in [6.07, 6.45) is 0. The van der Waals surface area contributed by atoms with Crippen LogP contribution in [0.4, 0.5) is 5.69 Å². The zero-order valence-electron chi connectivity index (χ0n) is 15.8. The maximum atomic E-state index is 12.9. The van der Waals surface area contributed by atoms with Crippen LogP contribution in [-0.2, 0) is 20.6 Å². The molecule has 2 rings (SSSR count). The summed E-state index contributed by atoms with van der Waals surface area (Å²) < 4.78 is 28.3. The number of nitrogens with zero attached hydrogens (tertiary/aromatic N) is 1. The third-order valence-electron chi connectivity index (χ3n) is 4.10. The number of rotatable bonds is 6. The van der Waals surface area contributed by atoms with Gasteiger partial charge in [-0.3, -0.25) is 14.1 Å². The molecule has 7 nitrogen and oxygen atoms in total. The zero-order valence-corrected chi connectivity index (χ0v) is 16.6. The summed E-state index contributed by atoms with van der Waals surface area (Å²) >= 11 is 0. The summed E-state index contributed by atoms with van der Waals surface area (Å²) in [5.74, 6) is -1.44. The van der Waals surface area contributed by atoms with Gasteiger partial charge in [0.05, 0.1) is 5.75 Å². The Hall–Kier alpha value is -2.61. The van der Waals surface area contributed by atoms with Gasteiger partial charge in [-0.1, -0.05) is 51.1 Å². The first-order valence-electron chi connectivity index (χ1n) is 8.42. The fourth-order valence-electron chi connectivity index (χ4n) is 2.91. The summed E-state index contributed by atoms with van der Waals surface area (Å²) in [5.41, 5.74) is -0.591. The first-order chi connectivity index (χ1) is 12.4. The molecule has 0 radical (unpaired) electrons. The minimum atomic E-state index is -3.83. The molecule has 0 saturated carbocycles. The highest BCUT2D eigenvalue weighted by molar-refractivity contribution is 7.91. The second kappa shape index (κ2) is 7.56. The number of aliphatic carboxylic acids is 1. The Morgan fingerprint density at radius 1 is 1.15 bits per heavy atom. The SMILES string of the molecule is Cc1ccc(NS(=O)(=O)Cc2ccccc2)c(=O)n1C(C(=O)O)C(C)(C)C. The minimum Gasteiger partial charge on any atom is -0.480 e. The molecule has 1 aromatic heterocycles. The molecule has 27 heavy (non-hydrogen) atoms. The summed E-state index contributed by atoms with van der Waals surface area (Å²) in [6, 6.07) is 10.3. The van der Waals surface area contributed by atoms with Crippen LogP contribution in [0.3, 0.4) is 0 Å². The number of hydrogen-bond donors (Lipinski definition) is 2. The topological polar surface area (TPSA) is 105 Å². The molecular weight excluding hydrogens is 368 g/mol. The number of anilines is 1. The van der Waals surface area contributed by atoms with Gasteiger partial charge in [0.25, 0.3) is 5.56 Å². The van der Waals surface area contributed by atoms with Gasteiger partial charge in [-0.2, -0.15) is 0 Å². The van der Waals surface area contributed by atoms with E-state index in [0.717, 1.165) is 4.57 Å². The quantitative estimate of drug-likeness (QED) is 0.786. The largest absolute Gasteiger partial charge is 0.480 e. The van der Waals surface area contributed by atoms with Crippen molar-refractivity contribution >= 4 is 21.7 Å². The van der Waals surface area contributed by atoms with Crippen LogP contribution in [0.2, 0.25) is 0 Å². The Balaban J connectivity index is 2.45. The van der Waals surface area contributed by atoms with Gasteiger partial charge in [-0.05, 0) is 30.0 Å². The monoisotopic (exact) mass is 392 g/mol. The van der Waals surface area contributed by atoms with Crippen LogP contribution in [0.1, 0.15) is 38.1 Å². The fourth-order valence-corrected chi connectivity index (χ4v) is 4.10. The molecule has 1 heterocycles. The third-order valence-corrected chi connectivity index (χ3v) is 5.34. The molecule has 146 valence electrons. The van der Waals surface area contributed by atoms with Gasteiger partial charge in [0.1, 0.15) is 11.7 Å². The van der Waals surface area contributed by atoms with E-state index in [9.17, 15) is 23.1 Å². The van der Waals surface area contributed by atoms with Gasteiger partial charge in [-0.15, -0.1) is 0 Å². The average Bonchev–Trinajstić information content (AvgIpc) is 2.53. The molecule has 0 amide bonds. The molecule has 2 N–H and O–H groups in total. The number of carbonyl (C=O) groups is 1. The molecule has 1 aromatic carbocycles. The van der Waals surface area contributed by atoms with E-state index in [1.54, 1.807) is 58.0 Å². The Kier molecular flexibility index (Phi) is 5.79. The molecule has 0 aliphatic carbocycles. The molecule has 0 bridgehead atoms. The van der Waals surface area contributed by atoms with Gasteiger partial charge in [-0.25, -0.2) is 13.2 Å². The van der Waals surface area contributed by atoms with Crippen LogP contribution >= 0.6 is 0 Å². The van der Waals surface area contributed by atoms with E-state index in [2.05, 4.69) is 4.72 Å². The van der Waals surface area contributed by atoms with Gasteiger partial charge in [0.15, 0.2) is 0 Å². The van der Waals surface area contributed by atoms with Gasteiger partial charge in [0.2, 0.25) is 10.0 Å². The number of pyridine rings is 1. The molecule has 0 spiro atoms. The molecule has 1 unspecified atom stereocenters. The highest BCUT2D eigenvalue weighted by atomic mass is 32.2. The van der Waals surface area contributed by atoms with Crippen molar-refractivity contribution in [1.29, 1.82) is 0 Å². The van der Waals surface area contributed by atoms with Crippen molar-refractivity contribution < 1.29 is 18.3 Å². The third kappa shape index (κ3) is 4.97. The normalized spacial score (nSPS) is 13.2. The van der Waals surface area contributed by atoms with E-state index in [1.807, 2.05) is 0 Å². The Morgan fingerprint density at radius 3 is 2.26 bits per heavy atom. The first-order valence-corrected chi connectivity index (χ1v) is 10.1. The lowest BCUT2D eigenvalue weighted by atomic mass is 9.86. The molecule has 0 fully saturated rings. The number of aromatic nitrogens is 1. The number of sulfonamides is 1. The van der Waals surface area contributed by atoms with Crippen molar-refractivity contribution in [3.8, 4) is 0 Å². The van der Waals surface area contributed by atoms with E-state index in [1.165, 1.54) is 12.1 Å². The maximum Gasteiger partial charge on any atom is 0.327 e. The van der Waals surface area contributed by atoms with Crippen molar-refractivity contribution in [3.63, 3.8) is 0 Å². The number of aryl methyl sites for hydroxylation is 1. The van der Waals surface area contributed by atoms with Crippen LogP contribution in [0.5, 0.6) is 0 Å². The standard InChI is InChI=1S/C19H24N2O5S/c1-13-10-11-15(17(22)21(13)16(18(23)24)19(2,3)4)20-27(25,26)12-14-8-6-5-7-9-14/h5-11,16,20H,12H2,1-4H3,(H,23,24). The van der Waals surface area contributed by atoms with Gasteiger partial charge in [0, 0.05) is 5.69 Å². The first kappa shape index (κ1) is 20.7. The molecule has 0 aliphatic heterocycles. The molecule has 2 aromatic rings. The highest BCUT2D eigenvalue weighted by Crippen LogP contribution is 2.31. The lowest BCUT2D eigenvalue weighted by Gasteiger charge is -2.30. The van der Waals surface area contributed by atoms with Crippen molar-refractivity contribution in [1.82, 2.24) is 4.57 Å². The van der Waals surface area contributed by atoms with Crippen LogP contribution in [0, 0.1) is 12.3 Å². The second-order valence-electron chi connectivity index (χ2n) is 7.52. The predicted octanol–water partition coefficient (Wildman–Crippen LogP) is 2.77. The van der Waals surface area contributed by atoms with E-state index in [4.69, 9.17) is 0 Å². The Morgan fingerprint density at radius 2 is 1.74 bits per heavy atom. The molecule has 1 atom stereocenters. The number of nitrogens with one attached hydrogen (secondary N) is 1. The van der Waals surface area contributed by atoms with Crippen molar-refractivity contribution in [2.45, 2.75) is 39.5 Å². The summed E-state index contributed by atoms with van der Waals surface area (Å²) in [4.78, 5) is 24.7. The highest BCUT2D eigenvalue weighted by Gasteiger charge is 2.35. The second-order valence-corrected chi connectivity index (χ2v) is 9.24. The van der Waals surface area contributed by atoms with Crippen molar-refractivity contribution in [2.24, 2.45) is 5.41 Å². The van der Waals surface area contributed by atoms with Crippen molar-refractivity contribution in [2.75, 3.05) is 4.72 Å². The van der Waals surface area contributed by atoms with E-state index >= 15 is 0 Å². The molecule has 0 saturated heterocycles.